The Kier molecular flexibility index (Phi) is 9.37. The second-order valence-electron chi connectivity index (χ2n) is 5.78. The van der Waals surface area contributed by atoms with Crippen LogP contribution in [0, 0.1) is 0 Å². The lowest BCUT2D eigenvalue weighted by molar-refractivity contribution is -0.138. The molecule has 1 aromatic rings. The number of carbonyl (C=O) groups excluding carboxylic acids is 1. The zero-order chi connectivity index (χ0) is 16.5. The third-order valence-electron chi connectivity index (χ3n) is 3.84. The Morgan fingerprint density at radius 2 is 2.04 bits per heavy atom. The number of carboxylic acids is 1. The van der Waals surface area contributed by atoms with Crippen molar-refractivity contribution in [2.45, 2.75) is 25.4 Å². The van der Waals surface area contributed by atoms with Gasteiger partial charge in [-0.3, -0.25) is 14.5 Å². The highest BCUT2D eigenvalue weighted by atomic mass is 35.5. The monoisotopic (exact) mass is 356 g/mol. The molecule has 1 saturated heterocycles. The number of likely N-dealkylation sites (tertiary alicyclic amines) is 1. The SMILES string of the molecule is Cl.O=C(O)CNC(=O)CN1CCC(OCCCc2ccccc2)C1. The lowest BCUT2D eigenvalue weighted by Gasteiger charge is -2.15. The minimum Gasteiger partial charge on any atom is -0.480 e. The highest BCUT2D eigenvalue weighted by Gasteiger charge is 2.24. The third kappa shape index (κ3) is 7.77. The molecule has 0 radical (unpaired) electrons. The van der Waals surface area contributed by atoms with E-state index in [2.05, 4.69) is 17.4 Å². The molecule has 0 aromatic heterocycles. The Hall–Kier alpha value is -1.63. The number of benzene rings is 1. The van der Waals surface area contributed by atoms with Gasteiger partial charge in [0.2, 0.25) is 5.91 Å². The maximum Gasteiger partial charge on any atom is 0.322 e. The maximum atomic E-state index is 11.6. The number of carboxylic acid groups (broad SMARTS) is 1. The molecule has 0 saturated carbocycles. The standard InChI is InChI=1S/C17H24N2O4.ClH/c20-16(18-11-17(21)22)13-19-9-8-15(12-19)23-10-4-7-14-5-2-1-3-6-14;/h1-3,5-6,15H,4,7-13H2,(H,18,20)(H,21,22);1H. The molecule has 134 valence electrons. The van der Waals surface area contributed by atoms with E-state index in [-0.39, 0.29) is 37.5 Å². The van der Waals surface area contributed by atoms with Crippen LogP contribution in [0.15, 0.2) is 30.3 Å². The number of nitrogens with zero attached hydrogens (tertiary/aromatic N) is 1. The molecule has 6 nitrogen and oxygen atoms in total. The fourth-order valence-electron chi connectivity index (χ4n) is 2.68. The van der Waals surface area contributed by atoms with Gasteiger partial charge < -0.3 is 15.2 Å². The van der Waals surface area contributed by atoms with Crippen LogP contribution in [0.25, 0.3) is 0 Å². The van der Waals surface area contributed by atoms with Crippen LogP contribution in [0.1, 0.15) is 18.4 Å². The Bertz CT molecular complexity index is 513. The lowest BCUT2D eigenvalue weighted by atomic mass is 10.1. The van der Waals surface area contributed by atoms with E-state index in [0.717, 1.165) is 39.0 Å². The van der Waals surface area contributed by atoms with Crippen molar-refractivity contribution in [3.05, 3.63) is 35.9 Å². The predicted octanol–water partition coefficient (Wildman–Crippen LogP) is 1.33. The second-order valence-corrected chi connectivity index (χ2v) is 5.78. The second kappa shape index (κ2) is 11.0. The molecule has 2 N–H and O–H groups in total. The number of carbonyl (C=O) groups is 2. The summed E-state index contributed by atoms with van der Waals surface area (Å²) in [5, 5.41) is 10.9. The third-order valence-corrected chi connectivity index (χ3v) is 3.84. The Morgan fingerprint density at radius 3 is 2.75 bits per heavy atom. The number of aliphatic carboxylic acids is 1. The van der Waals surface area contributed by atoms with Crippen molar-refractivity contribution in [3.63, 3.8) is 0 Å². The fourth-order valence-corrected chi connectivity index (χ4v) is 2.68. The van der Waals surface area contributed by atoms with Crippen molar-refractivity contribution in [2.75, 3.05) is 32.8 Å². The van der Waals surface area contributed by atoms with Gasteiger partial charge in [-0.1, -0.05) is 30.3 Å². The normalized spacial score (nSPS) is 17.2. The molecule has 1 fully saturated rings. The minimum atomic E-state index is -1.03. The van der Waals surface area contributed by atoms with Crippen LogP contribution >= 0.6 is 12.4 Å². The molecule has 0 aliphatic carbocycles. The van der Waals surface area contributed by atoms with Crippen molar-refractivity contribution in [2.24, 2.45) is 0 Å². The summed E-state index contributed by atoms with van der Waals surface area (Å²) >= 11 is 0. The molecule has 7 heteroatoms. The first kappa shape index (κ1) is 20.4. The summed E-state index contributed by atoms with van der Waals surface area (Å²) in [7, 11) is 0. The highest BCUT2D eigenvalue weighted by molar-refractivity contribution is 5.85. The molecule has 1 amide bonds. The molecule has 1 aromatic carbocycles. The van der Waals surface area contributed by atoms with Gasteiger partial charge in [0.05, 0.1) is 12.6 Å². The van der Waals surface area contributed by atoms with E-state index in [1.54, 1.807) is 0 Å². The molecule has 0 spiro atoms. The van der Waals surface area contributed by atoms with Crippen LogP contribution in [0.5, 0.6) is 0 Å². The van der Waals surface area contributed by atoms with E-state index in [4.69, 9.17) is 9.84 Å². The molecule has 1 aliphatic rings. The number of hydrogen-bond acceptors (Lipinski definition) is 4. The van der Waals surface area contributed by atoms with E-state index in [9.17, 15) is 9.59 Å². The molecule has 1 heterocycles. The zero-order valence-electron chi connectivity index (χ0n) is 13.6. The number of hydrogen-bond donors (Lipinski definition) is 2. The van der Waals surface area contributed by atoms with Gasteiger partial charge in [-0.25, -0.2) is 0 Å². The van der Waals surface area contributed by atoms with Crippen LogP contribution < -0.4 is 5.32 Å². The van der Waals surface area contributed by atoms with Gasteiger partial charge in [0.1, 0.15) is 6.54 Å². The van der Waals surface area contributed by atoms with Crippen LogP contribution in [0.4, 0.5) is 0 Å². The summed E-state index contributed by atoms with van der Waals surface area (Å²) in [5.41, 5.74) is 1.32. The fraction of sp³-hybridized carbons (Fsp3) is 0.529. The topological polar surface area (TPSA) is 78.9 Å². The first-order valence-electron chi connectivity index (χ1n) is 8.00. The van der Waals surface area contributed by atoms with Gasteiger partial charge in [-0.2, -0.15) is 0 Å². The summed E-state index contributed by atoms with van der Waals surface area (Å²) in [5.74, 6) is -1.28. The Labute approximate surface area is 148 Å². The van der Waals surface area contributed by atoms with Crippen molar-refractivity contribution in [3.8, 4) is 0 Å². The van der Waals surface area contributed by atoms with E-state index in [1.807, 2.05) is 23.1 Å². The summed E-state index contributed by atoms with van der Waals surface area (Å²) in [6.07, 6.45) is 3.07. The number of rotatable bonds is 9. The van der Waals surface area contributed by atoms with Crippen molar-refractivity contribution >= 4 is 24.3 Å². The average molecular weight is 357 g/mol. The van der Waals surface area contributed by atoms with Crippen molar-refractivity contribution < 1.29 is 19.4 Å². The van der Waals surface area contributed by atoms with Crippen molar-refractivity contribution in [1.29, 1.82) is 0 Å². The maximum absolute atomic E-state index is 11.6. The van der Waals surface area contributed by atoms with E-state index < -0.39 is 5.97 Å². The van der Waals surface area contributed by atoms with Gasteiger partial charge in [0.15, 0.2) is 0 Å². The minimum absolute atomic E-state index is 0. The highest BCUT2D eigenvalue weighted by Crippen LogP contribution is 2.13. The molecule has 0 bridgehead atoms. The number of nitrogens with one attached hydrogen (secondary N) is 1. The zero-order valence-corrected chi connectivity index (χ0v) is 14.5. The molecule has 1 atom stereocenters. The van der Waals surface area contributed by atoms with Crippen LogP contribution in [-0.4, -0.2) is 60.8 Å². The average Bonchev–Trinajstić information content (AvgIpc) is 2.98. The number of ether oxygens (including phenoxy) is 1. The van der Waals surface area contributed by atoms with E-state index >= 15 is 0 Å². The summed E-state index contributed by atoms with van der Waals surface area (Å²) in [6, 6.07) is 10.3. The molecule has 2 rings (SSSR count). The molecule has 1 aliphatic heterocycles. The van der Waals surface area contributed by atoms with E-state index in [1.165, 1.54) is 5.56 Å². The Morgan fingerprint density at radius 1 is 1.29 bits per heavy atom. The molecular weight excluding hydrogens is 332 g/mol. The van der Waals surface area contributed by atoms with Crippen molar-refractivity contribution in [1.82, 2.24) is 10.2 Å². The number of aryl methyl sites for hydroxylation is 1. The predicted molar refractivity (Wildman–Crippen MR) is 93.5 cm³/mol. The lowest BCUT2D eigenvalue weighted by Crippen LogP contribution is -2.38. The smallest absolute Gasteiger partial charge is 0.322 e. The molecular formula is C17H25ClN2O4. The van der Waals surface area contributed by atoms with Gasteiger partial charge in [-0.05, 0) is 24.8 Å². The van der Waals surface area contributed by atoms with Crippen LogP contribution in [0.3, 0.4) is 0 Å². The summed E-state index contributed by atoms with van der Waals surface area (Å²) < 4.78 is 5.87. The number of amides is 1. The Balaban J connectivity index is 0.00000288. The number of halogens is 1. The van der Waals surface area contributed by atoms with Crippen LogP contribution in [-0.2, 0) is 20.7 Å². The van der Waals surface area contributed by atoms with Gasteiger partial charge in [0, 0.05) is 19.7 Å². The van der Waals surface area contributed by atoms with Gasteiger partial charge in [0.25, 0.3) is 0 Å². The van der Waals surface area contributed by atoms with Gasteiger partial charge >= 0.3 is 5.97 Å². The van der Waals surface area contributed by atoms with Crippen LogP contribution in [0.2, 0.25) is 0 Å². The largest absolute Gasteiger partial charge is 0.480 e. The first-order valence-corrected chi connectivity index (χ1v) is 8.00. The summed E-state index contributed by atoms with van der Waals surface area (Å²) in [4.78, 5) is 24.0. The van der Waals surface area contributed by atoms with E-state index in [0.29, 0.717) is 0 Å². The molecule has 24 heavy (non-hydrogen) atoms. The quantitative estimate of drug-likeness (QED) is 0.653. The molecule has 1 unspecified atom stereocenters. The summed E-state index contributed by atoms with van der Waals surface area (Å²) in [6.45, 7) is 2.16. The first-order chi connectivity index (χ1) is 11.1. The van der Waals surface area contributed by atoms with Gasteiger partial charge in [-0.15, -0.1) is 12.4 Å².